The number of hydrogen-bond donors (Lipinski definition) is 0. The molecule has 1 heterocycles. The van der Waals surface area contributed by atoms with E-state index in [2.05, 4.69) is 55.0 Å². The summed E-state index contributed by atoms with van der Waals surface area (Å²) in [5.74, 6) is 0. The van der Waals surface area contributed by atoms with Crippen molar-refractivity contribution in [3.63, 3.8) is 0 Å². The summed E-state index contributed by atoms with van der Waals surface area (Å²) in [4.78, 5) is 4.77. The molecule has 1 aromatic rings. The van der Waals surface area contributed by atoms with Gasteiger partial charge in [-0.1, -0.05) is 17.7 Å². The van der Waals surface area contributed by atoms with E-state index in [1.807, 2.05) is 0 Å². The lowest BCUT2D eigenvalue weighted by atomic mass is 10.1. The molecule has 2 rings (SSSR count). The Morgan fingerprint density at radius 3 is 2.79 bits per heavy atom. The lowest BCUT2D eigenvalue weighted by Gasteiger charge is -2.32. The number of likely N-dealkylation sites (N-methyl/N-ethyl adjacent to an activating group) is 1. The highest BCUT2D eigenvalue weighted by Crippen LogP contribution is 2.26. The maximum absolute atomic E-state index is 9.08. The molecular weight excluding hydrogens is 234 g/mol. The number of hydrogen-bond acceptors (Lipinski definition) is 3. The molecule has 0 bridgehead atoms. The van der Waals surface area contributed by atoms with E-state index in [-0.39, 0.29) is 0 Å². The minimum atomic E-state index is 0.305. The summed E-state index contributed by atoms with van der Waals surface area (Å²) in [6.45, 7) is 7.42. The molecule has 0 aromatic heterocycles. The fraction of sp³-hybridized carbons (Fsp3) is 0.562. The molecule has 1 saturated heterocycles. The Bertz CT molecular complexity index is 475. The van der Waals surface area contributed by atoms with E-state index in [1.54, 1.807) is 0 Å². The molecule has 0 saturated carbocycles. The lowest BCUT2D eigenvalue weighted by Crippen LogP contribution is -2.40. The predicted octanol–water partition coefficient (Wildman–Crippen LogP) is 2.73. The minimum absolute atomic E-state index is 0.305. The van der Waals surface area contributed by atoms with Crippen molar-refractivity contribution in [3.05, 3.63) is 29.3 Å². The highest BCUT2D eigenvalue weighted by atomic mass is 15.2. The lowest BCUT2D eigenvalue weighted by molar-refractivity contribution is 0.332. The Hall–Kier alpha value is -1.53. The molecule has 19 heavy (non-hydrogen) atoms. The molecule has 0 aliphatic carbocycles. The third-order valence-electron chi connectivity index (χ3n) is 3.89. The van der Waals surface area contributed by atoms with Crippen molar-refractivity contribution in [2.75, 3.05) is 31.6 Å². The van der Waals surface area contributed by atoms with Crippen LogP contribution < -0.4 is 4.90 Å². The zero-order valence-corrected chi connectivity index (χ0v) is 12.2. The molecule has 0 N–H and O–H groups in total. The first-order valence-corrected chi connectivity index (χ1v) is 7.01. The smallest absolute Gasteiger partial charge is 0.0643 e. The van der Waals surface area contributed by atoms with Gasteiger partial charge in [-0.25, -0.2) is 0 Å². The minimum Gasteiger partial charge on any atom is -0.366 e. The Kier molecular flexibility index (Phi) is 4.44. The van der Waals surface area contributed by atoms with Gasteiger partial charge in [-0.2, -0.15) is 5.26 Å². The van der Waals surface area contributed by atoms with Crippen molar-refractivity contribution >= 4 is 5.69 Å². The van der Waals surface area contributed by atoms with E-state index in [0.717, 1.165) is 26.1 Å². The maximum Gasteiger partial charge on any atom is 0.0643 e. The first-order valence-electron chi connectivity index (χ1n) is 7.01. The van der Waals surface area contributed by atoms with Gasteiger partial charge in [0.2, 0.25) is 0 Å². The van der Waals surface area contributed by atoms with Gasteiger partial charge in [-0.15, -0.1) is 0 Å². The second-order valence-corrected chi connectivity index (χ2v) is 5.62. The summed E-state index contributed by atoms with van der Waals surface area (Å²) >= 11 is 0. The van der Waals surface area contributed by atoms with Gasteiger partial charge in [0.15, 0.2) is 0 Å². The van der Waals surface area contributed by atoms with Gasteiger partial charge in [0.1, 0.15) is 0 Å². The van der Waals surface area contributed by atoms with Crippen LogP contribution in [0.2, 0.25) is 0 Å². The molecule has 1 unspecified atom stereocenters. The maximum atomic E-state index is 9.08. The average molecular weight is 257 g/mol. The van der Waals surface area contributed by atoms with Gasteiger partial charge < -0.3 is 9.80 Å². The molecule has 1 aliphatic heterocycles. The highest BCUT2D eigenvalue weighted by Gasteiger charge is 2.24. The SMILES string of the molecule is Cc1ccc(N2CCCN(C)CC2CC#N)c(C)c1. The van der Waals surface area contributed by atoms with E-state index in [1.165, 1.54) is 16.8 Å². The monoisotopic (exact) mass is 257 g/mol. The van der Waals surface area contributed by atoms with E-state index < -0.39 is 0 Å². The fourth-order valence-corrected chi connectivity index (χ4v) is 2.97. The van der Waals surface area contributed by atoms with Crippen LogP contribution in [0.15, 0.2) is 18.2 Å². The van der Waals surface area contributed by atoms with Crippen LogP contribution in [0.5, 0.6) is 0 Å². The van der Waals surface area contributed by atoms with Gasteiger partial charge in [0.05, 0.1) is 18.5 Å². The molecule has 1 aromatic carbocycles. The number of nitrogens with zero attached hydrogens (tertiary/aromatic N) is 3. The van der Waals surface area contributed by atoms with Gasteiger partial charge in [0, 0.05) is 18.8 Å². The number of benzene rings is 1. The highest BCUT2D eigenvalue weighted by molar-refractivity contribution is 5.55. The predicted molar refractivity (Wildman–Crippen MR) is 79.4 cm³/mol. The van der Waals surface area contributed by atoms with Crippen LogP contribution in [0.25, 0.3) is 0 Å². The van der Waals surface area contributed by atoms with Crippen LogP contribution in [0.4, 0.5) is 5.69 Å². The molecule has 3 heteroatoms. The Morgan fingerprint density at radius 2 is 2.11 bits per heavy atom. The van der Waals surface area contributed by atoms with Crippen molar-refractivity contribution in [2.45, 2.75) is 32.7 Å². The summed E-state index contributed by atoms with van der Waals surface area (Å²) in [7, 11) is 2.15. The van der Waals surface area contributed by atoms with Crippen LogP contribution >= 0.6 is 0 Å². The molecule has 1 aliphatic rings. The average Bonchev–Trinajstić information content (AvgIpc) is 2.52. The van der Waals surface area contributed by atoms with Crippen LogP contribution in [-0.4, -0.2) is 37.6 Å². The van der Waals surface area contributed by atoms with Crippen molar-refractivity contribution in [1.29, 1.82) is 5.26 Å². The number of anilines is 1. The standard InChI is InChI=1S/C16H23N3/c1-13-5-6-16(14(2)11-13)19-10-4-9-18(3)12-15(19)7-8-17/h5-6,11,15H,4,7,9-10,12H2,1-3H3. The molecule has 3 nitrogen and oxygen atoms in total. The van der Waals surface area contributed by atoms with Gasteiger partial charge in [-0.05, 0) is 45.5 Å². The van der Waals surface area contributed by atoms with E-state index in [0.29, 0.717) is 12.5 Å². The normalized spacial score (nSPS) is 20.9. The van der Waals surface area contributed by atoms with Gasteiger partial charge in [-0.3, -0.25) is 0 Å². The quantitative estimate of drug-likeness (QED) is 0.816. The Labute approximate surface area is 116 Å². The second kappa shape index (κ2) is 6.08. The van der Waals surface area contributed by atoms with Crippen LogP contribution in [0, 0.1) is 25.2 Å². The van der Waals surface area contributed by atoms with E-state index >= 15 is 0 Å². The third kappa shape index (κ3) is 3.27. The first-order chi connectivity index (χ1) is 9.11. The summed E-state index contributed by atoms with van der Waals surface area (Å²) < 4.78 is 0. The third-order valence-corrected chi connectivity index (χ3v) is 3.89. The van der Waals surface area contributed by atoms with Crippen molar-refractivity contribution in [3.8, 4) is 6.07 Å². The fourth-order valence-electron chi connectivity index (χ4n) is 2.97. The number of aryl methyl sites for hydroxylation is 2. The molecule has 1 atom stereocenters. The van der Waals surface area contributed by atoms with E-state index in [9.17, 15) is 0 Å². The van der Waals surface area contributed by atoms with Crippen LogP contribution in [0.3, 0.4) is 0 Å². The second-order valence-electron chi connectivity index (χ2n) is 5.62. The summed E-state index contributed by atoms with van der Waals surface area (Å²) in [5.41, 5.74) is 3.90. The van der Waals surface area contributed by atoms with Crippen LogP contribution in [0.1, 0.15) is 24.0 Å². The van der Waals surface area contributed by atoms with E-state index in [4.69, 9.17) is 5.26 Å². The molecular formula is C16H23N3. The number of rotatable bonds is 2. The summed E-state index contributed by atoms with van der Waals surface area (Å²) in [5, 5.41) is 9.08. The zero-order chi connectivity index (χ0) is 13.8. The summed E-state index contributed by atoms with van der Waals surface area (Å²) in [6.07, 6.45) is 1.75. The summed E-state index contributed by atoms with van der Waals surface area (Å²) in [6, 6.07) is 9.26. The van der Waals surface area contributed by atoms with Crippen LogP contribution in [-0.2, 0) is 0 Å². The van der Waals surface area contributed by atoms with Gasteiger partial charge >= 0.3 is 0 Å². The Morgan fingerprint density at radius 1 is 1.32 bits per heavy atom. The van der Waals surface area contributed by atoms with Crippen molar-refractivity contribution < 1.29 is 0 Å². The topological polar surface area (TPSA) is 30.3 Å². The first kappa shape index (κ1) is 13.9. The van der Waals surface area contributed by atoms with Gasteiger partial charge in [0.25, 0.3) is 0 Å². The molecule has 0 radical (unpaired) electrons. The Balaban J connectivity index is 2.30. The molecule has 0 amide bonds. The molecule has 1 fully saturated rings. The largest absolute Gasteiger partial charge is 0.366 e. The molecule has 0 spiro atoms. The molecule has 102 valence electrons. The van der Waals surface area contributed by atoms with Crippen molar-refractivity contribution in [2.24, 2.45) is 0 Å². The van der Waals surface area contributed by atoms with Crippen molar-refractivity contribution in [1.82, 2.24) is 4.90 Å². The number of nitriles is 1. The zero-order valence-electron chi connectivity index (χ0n) is 12.2.